The molecule has 1 unspecified atom stereocenters. The fourth-order valence-corrected chi connectivity index (χ4v) is 5.53. The number of aliphatic hydroxyl groups is 1. The Balaban J connectivity index is 1.49. The first-order valence-electron chi connectivity index (χ1n) is 12.7. The number of hydrogen-bond donors (Lipinski definition) is 1. The molecular weight excluding hydrogens is 463 g/mol. The predicted molar refractivity (Wildman–Crippen MR) is 146 cm³/mol. The number of halogens is 1. The van der Waals surface area contributed by atoms with E-state index in [4.69, 9.17) is 4.74 Å². The minimum Gasteiger partial charge on any atom is -0.487 e. The van der Waals surface area contributed by atoms with Crippen molar-refractivity contribution in [1.82, 2.24) is 9.88 Å². The van der Waals surface area contributed by atoms with E-state index < -0.39 is 6.10 Å². The van der Waals surface area contributed by atoms with Crippen LogP contribution in [0.3, 0.4) is 0 Å². The maximum atomic E-state index is 13.5. The first kappa shape index (κ1) is 25.0. The lowest BCUT2D eigenvalue weighted by molar-refractivity contribution is 0.185. The zero-order valence-corrected chi connectivity index (χ0v) is 21.6. The van der Waals surface area contributed by atoms with Crippen molar-refractivity contribution in [2.45, 2.75) is 37.9 Å². The van der Waals surface area contributed by atoms with E-state index in [0.29, 0.717) is 12.5 Å². The molecule has 0 spiro atoms. The largest absolute Gasteiger partial charge is 0.487 e. The summed E-state index contributed by atoms with van der Waals surface area (Å²) in [5.41, 5.74) is 4.60. The second kappa shape index (κ2) is 10.3. The number of aliphatic hydroxyl groups excluding tert-OH is 1. The molecule has 1 aliphatic rings. The molecule has 1 atom stereocenters. The number of hydrogen-bond acceptors (Lipinski definition) is 4. The third-order valence-corrected chi connectivity index (χ3v) is 7.24. The van der Waals surface area contributed by atoms with Crippen molar-refractivity contribution in [3.8, 4) is 5.75 Å². The van der Waals surface area contributed by atoms with Crippen LogP contribution in [-0.2, 0) is 12.0 Å². The fourth-order valence-electron chi connectivity index (χ4n) is 5.53. The van der Waals surface area contributed by atoms with Crippen LogP contribution in [0.5, 0.6) is 5.75 Å². The van der Waals surface area contributed by atoms with Gasteiger partial charge in [-0.2, -0.15) is 0 Å². The van der Waals surface area contributed by atoms with Gasteiger partial charge >= 0.3 is 0 Å². The topological polar surface area (TPSA) is 45.6 Å². The van der Waals surface area contributed by atoms with E-state index in [-0.39, 0.29) is 11.2 Å². The van der Waals surface area contributed by atoms with Crippen LogP contribution < -0.4 is 4.74 Å². The Morgan fingerprint density at radius 1 is 1.05 bits per heavy atom. The van der Waals surface area contributed by atoms with Gasteiger partial charge in [0.1, 0.15) is 18.2 Å². The van der Waals surface area contributed by atoms with Gasteiger partial charge in [-0.1, -0.05) is 49.4 Å². The van der Waals surface area contributed by atoms with Gasteiger partial charge in [-0.15, -0.1) is 0 Å². The van der Waals surface area contributed by atoms with Gasteiger partial charge in [-0.25, -0.2) is 9.37 Å². The Bertz CT molecular complexity index is 1410. The van der Waals surface area contributed by atoms with Gasteiger partial charge in [0.05, 0.1) is 17.3 Å². The lowest BCUT2D eigenvalue weighted by atomic mass is 9.55. The number of rotatable bonds is 8. The van der Waals surface area contributed by atoms with Gasteiger partial charge < -0.3 is 14.7 Å². The molecule has 1 heterocycles. The Morgan fingerprint density at radius 3 is 2.57 bits per heavy atom. The molecule has 4 nitrogen and oxygen atoms in total. The maximum absolute atomic E-state index is 13.5. The average Bonchev–Trinajstić information content (AvgIpc) is 2.89. The number of fused-ring (bicyclic) bond motifs is 1. The monoisotopic (exact) mass is 496 g/mol. The van der Waals surface area contributed by atoms with E-state index in [1.54, 1.807) is 6.07 Å². The van der Waals surface area contributed by atoms with E-state index in [2.05, 4.69) is 42.2 Å². The van der Waals surface area contributed by atoms with Crippen molar-refractivity contribution in [3.63, 3.8) is 0 Å². The maximum Gasteiger partial charge on any atom is 0.130 e. The molecule has 1 fully saturated rings. The van der Waals surface area contributed by atoms with Crippen molar-refractivity contribution in [1.29, 1.82) is 0 Å². The lowest BCUT2D eigenvalue weighted by Crippen LogP contribution is -2.42. The quantitative estimate of drug-likeness (QED) is 0.292. The van der Waals surface area contributed by atoms with Crippen molar-refractivity contribution >= 4 is 10.9 Å². The number of nitrogens with zero attached hydrogens (tertiary/aromatic N) is 2. The number of aromatic nitrogens is 1. The van der Waals surface area contributed by atoms with Crippen LogP contribution in [0.4, 0.5) is 4.39 Å². The average molecular weight is 497 g/mol. The number of pyridine rings is 1. The molecule has 1 aliphatic carbocycles. The standard InChI is InChI=1S/C32H33FN2O2/c1-22-19-32(20-22,24-7-5-4-6-8-24)29-18-27(12-13-28(29)31(36)15-16-35(2)3)37-21-26-11-9-23-17-25(33)10-14-30(23)34-26/h4-18,22,31,36H,19-21H2,1-3H3/b16-15+. The molecule has 5 rings (SSSR count). The van der Waals surface area contributed by atoms with E-state index in [1.165, 1.54) is 17.7 Å². The van der Waals surface area contributed by atoms with Crippen molar-refractivity contribution in [3.05, 3.63) is 119 Å². The molecule has 1 saturated carbocycles. The summed E-state index contributed by atoms with van der Waals surface area (Å²) in [5, 5.41) is 11.9. The molecule has 190 valence electrons. The molecule has 5 heteroatoms. The first-order chi connectivity index (χ1) is 17.8. The Morgan fingerprint density at radius 2 is 1.84 bits per heavy atom. The fraction of sp³-hybridized carbons (Fsp3) is 0.281. The van der Waals surface area contributed by atoms with Crippen LogP contribution in [0.15, 0.2) is 91.1 Å². The predicted octanol–water partition coefficient (Wildman–Crippen LogP) is 6.78. The minimum atomic E-state index is -0.731. The summed E-state index contributed by atoms with van der Waals surface area (Å²) in [6, 6.07) is 24.9. The molecule has 0 amide bonds. The van der Waals surface area contributed by atoms with Gasteiger partial charge in [0.25, 0.3) is 0 Å². The van der Waals surface area contributed by atoms with Gasteiger partial charge in [0.15, 0.2) is 0 Å². The third-order valence-electron chi connectivity index (χ3n) is 7.24. The van der Waals surface area contributed by atoms with E-state index in [1.807, 2.05) is 61.6 Å². The normalized spacial score (nSPS) is 20.1. The van der Waals surface area contributed by atoms with Crippen molar-refractivity contribution in [2.24, 2.45) is 5.92 Å². The summed E-state index contributed by atoms with van der Waals surface area (Å²) in [6.45, 7) is 2.57. The molecule has 0 bridgehead atoms. The van der Waals surface area contributed by atoms with Crippen LogP contribution in [0.25, 0.3) is 10.9 Å². The minimum absolute atomic E-state index is 0.173. The summed E-state index contributed by atoms with van der Waals surface area (Å²) in [6.07, 6.45) is 5.00. The highest BCUT2D eigenvalue weighted by Crippen LogP contribution is 2.54. The summed E-state index contributed by atoms with van der Waals surface area (Å²) in [5.74, 6) is 1.06. The molecule has 0 saturated heterocycles. The Kier molecular flexibility index (Phi) is 6.98. The summed E-state index contributed by atoms with van der Waals surface area (Å²) >= 11 is 0. The summed E-state index contributed by atoms with van der Waals surface area (Å²) < 4.78 is 19.7. The zero-order chi connectivity index (χ0) is 26.0. The Hall–Kier alpha value is -3.70. The number of ether oxygens (including phenoxy) is 1. The molecule has 37 heavy (non-hydrogen) atoms. The number of benzene rings is 3. The molecule has 1 N–H and O–H groups in total. The van der Waals surface area contributed by atoms with Gasteiger partial charge in [-0.05, 0) is 84.1 Å². The SMILES string of the molecule is CC1CC(c2ccccc2)(c2cc(OCc3ccc4cc(F)ccc4n3)ccc2C(O)/C=C/N(C)C)C1. The molecule has 0 aliphatic heterocycles. The summed E-state index contributed by atoms with van der Waals surface area (Å²) in [7, 11) is 3.88. The van der Waals surface area contributed by atoms with Crippen LogP contribution >= 0.6 is 0 Å². The molecule has 1 aromatic heterocycles. The van der Waals surface area contributed by atoms with Crippen LogP contribution in [-0.4, -0.2) is 29.1 Å². The Labute approximate surface area is 218 Å². The van der Waals surface area contributed by atoms with E-state index >= 15 is 0 Å². The van der Waals surface area contributed by atoms with Gasteiger partial charge in [0, 0.05) is 24.9 Å². The van der Waals surface area contributed by atoms with E-state index in [9.17, 15) is 9.50 Å². The zero-order valence-electron chi connectivity index (χ0n) is 21.6. The highest BCUT2D eigenvalue weighted by atomic mass is 19.1. The van der Waals surface area contributed by atoms with Gasteiger partial charge in [0.2, 0.25) is 0 Å². The van der Waals surface area contributed by atoms with Crippen LogP contribution in [0.1, 0.15) is 48.3 Å². The van der Waals surface area contributed by atoms with Crippen molar-refractivity contribution in [2.75, 3.05) is 14.1 Å². The lowest BCUT2D eigenvalue weighted by Gasteiger charge is -2.49. The molecular formula is C32H33FN2O2. The van der Waals surface area contributed by atoms with Crippen molar-refractivity contribution < 1.29 is 14.2 Å². The molecule has 0 radical (unpaired) electrons. The highest BCUT2D eigenvalue weighted by Gasteiger charge is 2.46. The second-order valence-electron chi connectivity index (χ2n) is 10.4. The third kappa shape index (κ3) is 5.23. The van der Waals surface area contributed by atoms with Gasteiger partial charge in [-0.3, -0.25) is 0 Å². The summed E-state index contributed by atoms with van der Waals surface area (Å²) in [4.78, 5) is 6.55. The smallest absolute Gasteiger partial charge is 0.130 e. The second-order valence-corrected chi connectivity index (χ2v) is 10.4. The molecule has 4 aromatic rings. The first-order valence-corrected chi connectivity index (χ1v) is 12.7. The van der Waals surface area contributed by atoms with E-state index in [0.717, 1.165) is 46.3 Å². The molecule has 3 aromatic carbocycles. The highest BCUT2D eigenvalue weighted by molar-refractivity contribution is 5.78. The van der Waals surface area contributed by atoms with Crippen LogP contribution in [0.2, 0.25) is 0 Å². The van der Waals surface area contributed by atoms with Crippen LogP contribution in [0, 0.1) is 11.7 Å².